The van der Waals surface area contributed by atoms with Crippen LogP contribution in [-0.2, 0) is 0 Å². The zero-order valence-electron chi connectivity index (χ0n) is 66.9. The standard InChI is InChI=1S/2C22H17N3.2C21H16N4.C17H12N4/c1-16-23-21(18-12-6-3-7-13-18)25-22(24-16)20-15-9-8-14-19(20)17-10-4-2-5-11-17;1-16-23-21(18-11-6-3-7-12-18)25-22(24-16)20-14-8-13-19(15-20)17-9-4-2-5-10-17;1-15-23-20(16-9-3-2-4-10-16)25-21(24-15)18-12-6-5-11-17(18)19-13-7-8-14-22-19;1-15-23-20(17-7-3-2-4-8-17)25-21(24-15)19-10-6-5-9-18(19)16-11-13-22-14-12-16;1-12-19-16(14-5-3-2-4-6-14)21-17(20-12)15-9-7-13(11-18)8-10-15/h2*2-15H,1H3;2*2-14H,1H3;2-10H,1H3. The van der Waals surface area contributed by atoms with Gasteiger partial charge in [-0.1, -0.05) is 309 Å². The summed E-state index contributed by atoms with van der Waals surface area (Å²) >= 11 is 0. The van der Waals surface area contributed by atoms with Gasteiger partial charge in [-0.25, -0.2) is 74.8 Å². The zero-order valence-corrected chi connectivity index (χ0v) is 66.9. The summed E-state index contributed by atoms with van der Waals surface area (Å²) < 4.78 is 0. The number of benzene rings is 12. The first-order valence-electron chi connectivity index (χ1n) is 39.2. The van der Waals surface area contributed by atoms with Crippen LogP contribution < -0.4 is 0 Å². The van der Waals surface area contributed by atoms with Gasteiger partial charge < -0.3 is 0 Å². The van der Waals surface area contributed by atoms with Gasteiger partial charge in [0.1, 0.15) is 29.1 Å². The van der Waals surface area contributed by atoms with Gasteiger partial charge in [0.05, 0.1) is 17.3 Å². The molecule has 7 aromatic heterocycles. The van der Waals surface area contributed by atoms with Gasteiger partial charge in [0, 0.05) is 79.8 Å². The van der Waals surface area contributed by atoms with Crippen molar-refractivity contribution in [2.45, 2.75) is 34.6 Å². The van der Waals surface area contributed by atoms with Crippen LogP contribution in [0.4, 0.5) is 0 Å². The van der Waals surface area contributed by atoms with Crippen LogP contribution in [0.15, 0.2) is 383 Å². The van der Waals surface area contributed by atoms with Crippen molar-refractivity contribution in [3.05, 3.63) is 417 Å². The highest BCUT2D eigenvalue weighted by atomic mass is 15.1. The van der Waals surface area contributed by atoms with E-state index in [0.717, 1.165) is 94.7 Å². The fourth-order valence-corrected chi connectivity index (χ4v) is 13.2. The molecule has 18 heteroatoms. The third kappa shape index (κ3) is 20.8. The second kappa shape index (κ2) is 39.2. The summed E-state index contributed by atoms with van der Waals surface area (Å²) in [6.45, 7) is 9.44. The van der Waals surface area contributed by atoms with E-state index in [9.17, 15) is 0 Å². The number of nitriles is 1. The third-order valence-corrected chi connectivity index (χ3v) is 18.9. The summed E-state index contributed by atoms with van der Waals surface area (Å²) in [7, 11) is 0. The lowest BCUT2D eigenvalue weighted by molar-refractivity contribution is 0.991. The quantitative estimate of drug-likeness (QED) is 0.0982. The molecule has 0 amide bonds. The fourth-order valence-electron chi connectivity index (χ4n) is 13.2. The molecule has 0 fully saturated rings. The van der Waals surface area contributed by atoms with E-state index in [4.69, 9.17) is 20.2 Å². The summed E-state index contributed by atoms with van der Waals surface area (Å²) in [5, 5.41) is 8.84. The van der Waals surface area contributed by atoms with Crippen LogP contribution in [0.1, 0.15) is 34.7 Å². The van der Waals surface area contributed by atoms with Crippen molar-refractivity contribution in [3.8, 4) is 165 Å². The van der Waals surface area contributed by atoms with Gasteiger partial charge >= 0.3 is 0 Å². The Morgan fingerprint density at radius 1 is 0.182 bits per heavy atom. The monoisotopic (exact) mass is 1570 g/mol. The number of rotatable bonds is 14. The highest BCUT2D eigenvalue weighted by molar-refractivity contribution is 5.83. The van der Waals surface area contributed by atoms with Gasteiger partial charge in [0.15, 0.2) is 58.2 Å². The summed E-state index contributed by atoms with van der Waals surface area (Å²) in [5.74, 6) is 10.3. The van der Waals surface area contributed by atoms with Gasteiger partial charge in [-0.3, -0.25) is 9.97 Å². The van der Waals surface area contributed by atoms with Crippen molar-refractivity contribution < 1.29 is 0 Å². The van der Waals surface area contributed by atoms with Crippen molar-refractivity contribution in [1.82, 2.24) is 84.7 Å². The molecular weight excluding hydrogens is 1490 g/mol. The molecule has 0 aliphatic carbocycles. The van der Waals surface area contributed by atoms with Crippen molar-refractivity contribution in [2.24, 2.45) is 0 Å². The molecule has 12 aromatic carbocycles. The molecule has 0 radical (unpaired) electrons. The number of pyridine rings is 2. The van der Waals surface area contributed by atoms with Crippen molar-refractivity contribution in [1.29, 1.82) is 5.26 Å². The first-order chi connectivity index (χ1) is 59.5. The van der Waals surface area contributed by atoms with Crippen LogP contribution in [0, 0.1) is 45.9 Å². The Morgan fingerprint density at radius 2 is 0.438 bits per heavy atom. The molecule has 580 valence electrons. The van der Waals surface area contributed by atoms with Crippen molar-refractivity contribution in [2.75, 3.05) is 0 Å². The van der Waals surface area contributed by atoms with Gasteiger partial charge in [-0.15, -0.1) is 0 Å². The first kappa shape index (κ1) is 79.7. The molecular formula is C103H78N18. The van der Waals surface area contributed by atoms with Crippen LogP contribution in [-0.4, -0.2) is 84.7 Å². The second-order valence-corrected chi connectivity index (χ2v) is 27.6. The van der Waals surface area contributed by atoms with E-state index in [1.807, 2.05) is 332 Å². The average Bonchev–Trinajstić information content (AvgIpc) is 0.821. The van der Waals surface area contributed by atoms with E-state index < -0.39 is 0 Å². The first-order valence-corrected chi connectivity index (χ1v) is 39.2. The van der Waals surface area contributed by atoms with Crippen molar-refractivity contribution in [3.63, 3.8) is 0 Å². The van der Waals surface area contributed by atoms with Crippen LogP contribution in [0.3, 0.4) is 0 Å². The lowest BCUT2D eigenvalue weighted by Crippen LogP contribution is -2.00. The van der Waals surface area contributed by atoms with E-state index in [1.54, 1.807) is 30.7 Å². The molecule has 0 N–H and O–H groups in total. The van der Waals surface area contributed by atoms with Crippen LogP contribution >= 0.6 is 0 Å². The van der Waals surface area contributed by atoms with Gasteiger partial charge in [-0.05, 0) is 123 Å². The summed E-state index contributed by atoms with van der Waals surface area (Å²) in [6.07, 6.45) is 5.38. The molecule has 0 atom stereocenters. The number of aromatic nitrogens is 17. The lowest BCUT2D eigenvalue weighted by Gasteiger charge is -2.10. The van der Waals surface area contributed by atoms with Gasteiger partial charge in [0.2, 0.25) is 0 Å². The number of aryl methyl sites for hydroxylation is 5. The molecule has 0 bridgehead atoms. The minimum Gasteiger partial charge on any atom is -0.265 e. The number of hydrogen-bond donors (Lipinski definition) is 0. The predicted octanol–water partition coefficient (Wildman–Crippen LogP) is 22.9. The molecule has 121 heavy (non-hydrogen) atoms. The normalized spacial score (nSPS) is 10.5. The number of hydrogen-bond acceptors (Lipinski definition) is 18. The summed E-state index contributed by atoms with van der Waals surface area (Å²) in [5.41, 5.74) is 19.0. The fraction of sp³-hybridized carbons (Fsp3) is 0.0485. The highest BCUT2D eigenvalue weighted by Crippen LogP contribution is 2.35. The van der Waals surface area contributed by atoms with Crippen molar-refractivity contribution >= 4 is 0 Å². The van der Waals surface area contributed by atoms with E-state index in [1.165, 1.54) is 5.56 Å². The van der Waals surface area contributed by atoms with Gasteiger partial charge in [-0.2, -0.15) is 5.26 Å². The zero-order chi connectivity index (χ0) is 82.9. The van der Waals surface area contributed by atoms with Crippen LogP contribution in [0.25, 0.3) is 159 Å². The second-order valence-electron chi connectivity index (χ2n) is 27.6. The van der Waals surface area contributed by atoms with Gasteiger partial charge in [0.25, 0.3) is 0 Å². The minimum atomic E-state index is 0.617. The maximum absolute atomic E-state index is 8.84. The molecule has 0 unspecified atom stereocenters. The Balaban J connectivity index is 0.000000118. The molecule has 0 aliphatic rings. The average molecular weight is 1570 g/mol. The topological polar surface area (TPSA) is 243 Å². The van der Waals surface area contributed by atoms with E-state index in [2.05, 4.69) is 130 Å². The van der Waals surface area contributed by atoms with E-state index >= 15 is 0 Å². The predicted molar refractivity (Wildman–Crippen MR) is 479 cm³/mol. The smallest absolute Gasteiger partial charge is 0.164 e. The highest BCUT2D eigenvalue weighted by Gasteiger charge is 2.19. The molecule has 18 nitrogen and oxygen atoms in total. The molecule has 0 aliphatic heterocycles. The Morgan fingerprint density at radius 3 is 0.785 bits per heavy atom. The molecule has 0 saturated carbocycles. The lowest BCUT2D eigenvalue weighted by atomic mass is 9.99. The van der Waals surface area contributed by atoms with Crippen LogP contribution in [0.5, 0.6) is 0 Å². The number of nitrogens with zero attached hydrogens (tertiary/aromatic N) is 18. The Kier molecular flexibility index (Phi) is 25.8. The SMILES string of the molecule is Cc1nc(-c2ccccc2)nc(-c2ccc(C#N)cc2)n1.Cc1nc(-c2ccccc2)nc(-c2cccc(-c3ccccc3)c2)n1.Cc1nc(-c2ccccc2)nc(-c2ccccc2-c2ccccc2)n1.Cc1nc(-c2ccccc2)nc(-c2ccccc2-c2ccccn2)n1.Cc1nc(-c2ccccc2)nc(-c2ccccc2-c2ccncc2)n1. The van der Waals surface area contributed by atoms with Crippen LogP contribution in [0.2, 0.25) is 0 Å². The largest absolute Gasteiger partial charge is 0.265 e. The Bertz CT molecular complexity index is 6280. The third-order valence-electron chi connectivity index (χ3n) is 18.9. The maximum Gasteiger partial charge on any atom is 0.164 e. The minimum absolute atomic E-state index is 0.617. The molecule has 0 spiro atoms. The summed E-state index contributed by atoms with van der Waals surface area (Å²) in [4.78, 5) is 77.0. The van der Waals surface area contributed by atoms with E-state index in [-0.39, 0.29) is 0 Å². The van der Waals surface area contributed by atoms with E-state index in [0.29, 0.717) is 92.9 Å². The maximum atomic E-state index is 8.84. The molecule has 19 rings (SSSR count). The Labute approximate surface area is 702 Å². The summed E-state index contributed by atoms with van der Waals surface area (Å²) in [6, 6.07) is 122. The Hall–Kier alpha value is -16.5. The molecule has 7 heterocycles. The molecule has 0 saturated heterocycles. The molecule has 19 aromatic rings.